The van der Waals surface area contributed by atoms with Crippen LogP contribution in [0.5, 0.6) is 0 Å². The Hall–Kier alpha value is -1.49. The average Bonchev–Trinajstić information content (AvgIpc) is 2.39. The van der Waals surface area contributed by atoms with E-state index in [0.29, 0.717) is 18.9 Å². The van der Waals surface area contributed by atoms with Crippen LogP contribution in [0.4, 0.5) is 10.1 Å². The second-order valence-corrected chi connectivity index (χ2v) is 4.67. The lowest BCUT2D eigenvalue weighted by Gasteiger charge is -2.14. The molecule has 1 heterocycles. The van der Waals surface area contributed by atoms with Crippen molar-refractivity contribution in [2.24, 2.45) is 11.7 Å². The van der Waals surface area contributed by atoms with Gasteiger partial charge in [0.2, 0.25) is 5.91 Å². The topological polar surface area (TPSA) is 68.0 Å². The fraction of sp³-hybridized carbons (Fsp3) is 0.571. The summed E-state index contributed by atoms with van der Waals surface area (Å²) in [5.41, 5.74) is 5.74. The van der Waals surface area contributed by atoms with Crippen molar-refractivity contribution in [1.29, 1.82) is 0 Å². The molecule has 1 unspecified atom stereocenters. The highest BCUT2D eigenvalue weighted by atomic mass is 19.1. The maximum Gasteiger partial charge on any atom is 0.224 e. The highest BCUT2D eigenvalue weighted by molar-refractivity contribution is 5.90. The number of hydrogen-bond acceptors (Lipinski definition) is 3. The van der Waals surface area contributed by atoms with Gasteiger partial charge in [-0.05, 0) is 31.4 Å². The molecule has 1 aromatic rings. The molecule has 3 N–H and O–H groups in total. The van der Waals surface area contributed by atoms with Crippen LogP contribution in [0.15, 0.2) is 18.5 Å². The Morgan fingerprint density at radius 2 is 2.26 bits per heavy atom. The zero-order valence-corrected chi connectivity index (χ0v) is 11.4. The van der Waals surface area contributed by atoms with Crippen molar-refractivity contribution in [2.75, 3.05) is 11.9 Å². The summed E-state index contributed by atoms with van der Waals surface area (Å²) in [6, 6.07) is 1.46. The maximum absolute atomic E-state index is 13.3. The summed E-state index contributed by atoms with van der Waals surface area (Å²) in [4.78, 5) is 15.4. The Bertz CT molecular complexity index is 392. The number of halogens is 1. The van der Waals surface area contributed by atoms with Crippen LogP contribution >= 0.6 is 0 Å². The Balaban J connectivity index is 2.40. The van der Waals surface area contributed by atoms with Crippen LogP contribution in [0.2, 0.25) is 0 Å². The summed E-state index contributed by atoms with van der Waals surface area (Å²) in [7, 11) is 0. The van der Waals surface area contributed by atoms with Gasteiger partial charge in [-0.3, -0.25) is 9.78 Å². The number of nitrogens with zero attached hydrogens (tertiary/aromatic N) is 1. The highest BCUT2D eigenvalue weighted by Crippen LogP contribution is 2.18. The van der Waals surface area contributed by atoms with Crippen LogP contribution in [0.1, 0.15) is 39.0 Å². The van der Waals surface area contributed by atoms with Crippen molar-refractivity contribution in [2.45, 2.75) is 39.0 Å². The maximum atomic E-state index is 13.3. The van der Waals surface area contributed by atoms with E-state index < -0.39 is 5.82 Å². The van der Waals surface area contributed by atoms with E-state index in [1.807, 2.05) is 0 Å². The van der Waals surface area contributed by atoms with Gasteiger partial charge in [-0.25, -0.2) is 4.39 Å². The SMILES string of the molecule is CCCC(CCN)CCC(=O)Nc1ccncc1F. The molecule has 5 heteroatoms. The molecule has 0 aromatic carbocycles. The van der Waals surface area contributed by atoms with Gasteiger partial charge in [0.25, 0.3) is 0 Å². The van der Waals surface area contributed by atoms with Crippen LogP contribution in [-0.4, -0.2) is 17.4 Å². The van der Waals surface area contributed by atoms with E-state index in [1.165, 1.54) is 12.3 Å². The predicted molar refractivity (Wildman–Crippen MR) is 74.1 cm³/mol. The van der Waals surface area contributed by atoms with Crippen molar-refractivity contribution in [3.8, 4) is 0 Å². The van der Waals surface area contributed by atoms with Gasteiger partial charge in [0.1, 0.15) is 0 Å². The molecule has 19 heavy (non-hydrogen) atoms. The summed E-state index contributed by atoms with van der Waals surface area (Å²) < 4.78 is 13.3. The van der Waals surface area contributed by atoms with Crippen LogP contribution < -0.4 is 11.1 Å². The third kappa shape index (κ3) is 5.79. The summed E-state index contributed by atoms with van der Waals surface area (Å²) in [5, 5.41) is 2.56. The molecule has 0 spiro atoms. The first kappa shape index (κ1) is 15.6. The number of nitrogens with two attached hydrogens (primary N) is 1. The van der Waals surface area contributed by atoms with Gasteiger partial charge < -0.3 is 11.1 Å². The van der Waals surface area contributed by atoms with Crippen LogP contribution in [0, 0.1) is 11.7 Å². The van der Waals surface area contributed by atoms with Gasteiger partial charge in [-0.2, -0.15) is 0 Å². The first-order chi connectivity index (χ1) is 9.17. The van der Waals surface area contributed by atoms with E-state index >= 15 is 0 Å². The first-order valence-electron chi connectivity index (χ1n) is 6.76. The Morgan fingerprint density at radius 3 is 2.89 bits per heavy atom. The Labute approximate surface area is 113 Å². The molecule has 1 rings (SSSR count). The van der Waals surface area contributed by atoms with Crippen molar-refractivity contribution in [1.82, 2.24) is 4.98 Å². The van der Waals surface area contributed by atoms with Gasteiger partial charge in [-0.15, -0.1) is 0 Å². The van der Waals surface area contributed by atoms with Gasteiger partial charge in [0, 0.05) is 12.6 Å². The zero-order valence-electron chi connectivity index (χ0n) is 11.4. The van der Waals surface area contributed by atoms with Crippen LogP contribution in [-0.2, 0) is 4.79 Å². The van der Waals surface area contributed by atoms with Crippen molar-refractivity contribution >= 4 is 11.6 Å². The highest BCUT2D eigenvalue weighted by Gasteiger charge is 2.11. The van der Waals surface area contributed by atoms with E-state index in [9.17, 15) is 9.18 Å². The van der Waals surface area contributed by atoms with E-state index in [4.69, 9.17) is 5.73 Å². The molecule has 1 aromatic heterocycles. The molecule has 0 aliphatic rings. The number of rotatable bonds is 8. The minimum Gasteiger partial charge on any atom is -0.330 e. The third-order valence-electron chi connectivity index (χ3n) is 3.10. The lowest BCUT2D eigenvalue weighted by molar-refractivity contribution is -0.116. The molecule has 0 radical (unpaired) electrons. The normalized spacial score (nSPS) is 12.2. The summed E-state index contributed by atoms with van der Waals surface area (Å²) in [6.45, 7) is 2.77. The Kier molecular flexibility index (Phi) is 7.03. The molecule has 0 fully saturated rings. The summed E-state index contributed by atoms with van der Waals surface area (Å²) in [5.74, 6) is -0.200. The van der Waals surface area contributed by atoms with Gasteiger partial charge >= 0.3 is 0 Å². The molecule has 0 bridgehead atoms. The first-order valence-corrected chi connectivity index (χ1v) is 6.76. The van der Waals surface area contributed by atoms with E-state index in [2.05, 4.69) is 17.2 Å². The van der Waals surface area contributed by atoms with Gasteiger partial charge in [0.15, 0.2) is 5.82 Å². The number of nitrogens with one attached hydrogen (secondary N) is 1. The van der Waals surface area contributed by atoms with E-state index in [0.717, 1.165) is 31.9 Å². The van der Waals surface area contributed by atoms with Crippen molar-refractivity contribution in [3.05, 3.63) is 24.3 Å². The summed E-state index contributed by atoms with van der Waals surface area (Å²) in [6.07, 6.45) is 6.83. The van der Waals surface area contributed by atoms with Crippen LogP contribution in [0.25, 0.3) is 0 Å². The fourth-order valence-electron chi connectivity index (χ4n) is 2.10. The standard InChI is InChI=1S/C14H22FN3O/c1-2-3-11(6-8-16)4-5-14(19)18-13-7-9-17-10-12(13)15/h7,9-11H,2-6,8,16H2,1H3,(H,17,18,19). The van der Waals surface area contributed by atoms with E-state index in [-0.39, 0.29) is 11.6 Å². The molecular weight excluding hydrogens is 245 g/mol. The second kappa shape index (κ2) is 8.58. The van der Waals surface area contributed by atoms with Crippen molar-refractivity contribution < 1.29 is 9.18 Å². The molecule has 1 atom stereocenters. The minimum absolute atomic E-state index is 0.164. The number of carbonyl (C=O) groups excluding carboxylic acids is 1. The average molecular weight is 267 g/mol. The summed E-state index contributed by atoms with van der Waals surface area (Å²) >= 11 is 0. The predicted octanol–water partition coefficient (Wildman–Crippen LogP) is 2.70. The molecule has 0 aliphatic heterocycles. The number of carbonyl (C=O) groups is 1. The number of pyridine rings is 1. The molecule has 1 amide bonds. The lowest BCUT2D eigenvalue weighted by atomic mass is 9.94. The quantitative estimate of drug-likeness (QED) is 0.761. The number of anilines is 1. The minimum atomic E-state index is -0.511. The zero-order chi connectivity index (χ0) is 14.1. The largest absolute Gasteiger partial charge is 0.330 e. The Morgan fingerprint density at radius 1 is 1.47 bits per heavy atom. The van der Waals surface area contributed by atoms with Gasteiger partial charge in [-0.1, -0.05) is 19.8 Å². The molecule has 4 nitrogen and oxygen atoms in total. The molecule has 0 saturated heterocycles. The molecule has 0 saturated carbocycles. The molecular formula is C14H22FN3O. The molecule has 0 aliphatic carbocycles. The number of hydrogen-bond donors (Lipinski definition) is 2. The van der Waals surface area contributed by atoms with Crippen molar-refractivity contribution in [3.63, 3.8) is 0 Å². The van der Waals surface area contributed by atoms with Crippen LogP contribution in [0.3, 0.4) is 0 Å². The smallest absolute Gasteiger partial charge is 0.224 e. The molecule has 106 valence electrons. The van der Waals surface area contributed by atoms with E-state index in [1.54, 1.807) is 0 Å². The number of aromatic nitrogens is 1. The monoisotopic (exact) mass is 267 g/mol. The lowest BCUT2D eigenvalue weighted by Crippen LogP contribution is -2.16. The fourth-order valence-corrected chi connectivity index (χ4v) is 2.10. The second-order valence-electron chi connectivity index (χ2n) is 4.67. The van der Waals surface area contributed by atoms with Gasteiger partial charge in [0.05, 0.1) is 11.9 Å². The number of amides is 1. The third-order valence-corrected chi connectivity index (χ3v) is 3.10.